The molecule has 106 valence electrons. The lowest BCUT2D eigenvalue weighted by atomic mass is 10.0. The molecule has 1 aromatic carbocycles. The summed E-state index contributed by atoms with van der Waals surface area (Å²) in [5.74, 6) is -1.20. The summed E-state index contributed by atoms with van der Waals surface area (Å²) < 4.78 is 26.9. The van der Waals surface area contributed by atoms with E-state index in [-0.39, 0.29) is 11.4 Å². The second-order valence-corrected chi connectivity index (χ2v) is 7.36. The van der Waals surface area contributed by atoms with Crippen LogP contribution in [0.25, 0.3) is 0 Å². The fraction of sp³-hybridized carbons (Fsp3) is 0.364. The second-order valence-electron chi connectivity index (χ2n) is 4.35. The van der Waals surface area contributed by atoms with E-state index in [1.54, 1.807) is 12.1 Å². The molecule has 6 nitrogen and oxygen atoms in total. The molecular weight excluding hydrogens is 385 g/mol. The normalized spacial score (nSPS) is 14.9. The van der Waals surface area contributed by atoms with Gasteiger partial charge in [0.15, 0.2) is 0 Å². The van der Waals surface area contributed by atoms with E-state index in [1.165, 1.54) is 19.1 Å². The third-order valence-electron chi connectivity index (χ3n) is 2.30. The van der Waals surface area contributed by atoms with Gasteiger partial charge in [-0.1, -0.05) is 0 Å². The Balaban J connectivity index is 2.76. The first-order chi connectivity index (χ1) is 8.62. The highest BCUT2D eigenvalue weighted by Crippen LogP contribution is 2.14. The summed E-state index contributed by atoms with van der Waals surface area (Å²) in [4.78, 5) is 10.6. The highest BCUT2D eigenvalue weighted by Gasteiger charge is 2.26. The Morgan fingerprint density at radius 3 is 2.37 bits per heavy atom. The molecule has 1 aromatic rings. The minimum atomic E-state index is -3.75. The largest absolute Gasteiger partial charge is 0.481 e. The average Bonchev–Trinajstić information content (AvgIpc) is 2.26. The van der Waals surface area contributed by atoms with Crippen molar-refractivity contribution in [2.45, 2.75) is 23.8 Å². The minimum Gasteiger partial charge on any atom is -0.481 e. The van der Waals surface area contributed by atoms with E-state index in [0.717, 1.165) is 3.57 Å². The standard InChI is InChI=1S/C11H14INO5S/c1-11(16,6-10(14)15)7-13-19(17,18)9-4-2-8(12)3-5-9/h2-5,13,16H,6-7H2,1H3,(H,14,15). The SMILES string of the molecule is CC(O)(CNS(=O)(=O)c1ccc(I)cc1)CC(=O)O. The lowest BCUT2D eigenvalue weighted by molar-refractivity contribution is -0.141. The molecule has 1 unspecified atom stereocenters. The van der Waals surface area contributed by atoms with Gasteiger partial charge < -0.3 is 10.2 Å². The molecule has 0 amide bonds. The molecule has 19 heavy (non-hydrogen) atoms. The zero-order valence-corrected chi connectivity index (χ0v) is 13.1. The number of benzene rings is 1. The van der Waals surface area contributed by atoms with Gasteiger partial charge in [0.1, 0.15) is 0 Å². The number of sulfonamides is 1. The van der Waals surface area contributed by atoms with Crippen LogP contribution < -0.4 is 4.72 Å². The molecule has 0 aromatic heterocycles. The molecular formula is C11H14INO5S. The number of rotatable bonds is 6. The number of hydrogen-bond donors (Lipinski definition) is 3. The third-order valence-corrected chi connectivity index (χ3v) is 4.44. The quantitative estimate of drug-likeness (QED) is 0.614. The van der Waals surface area contributed by atoms with Crippen LogP contribution in [0.2, 0.25) is 0 Å². The fourth-order valence-electron chi connectivity index (χ4n) is 1.34. The van der Waals surface area contributed by atoms with Gasteiger partial charge in [-0.2, -0.15) is 0 Å². The number of halogens is 1. The van der Waals surface area contributed by atoms with E-state index < -0.39 is 28.0 Å². The van der Waals surface area contributed by atoms with Crippen LogP contribution in [0.15, 0.2) is 29.2 Å². The average molecular weight is 399 g/mol. The predicted molar refractivity (Wildman–Crippen MR) is 77.2 cm³/mol. The van der Waals surface area contributed by atoms with Gasteiger partial charge in [0, 0.05) is 10.1 Å². The van der Waals surface area contributed by atoms with Crippen LogP contribution >= 0.6 is 22.6 Å². The summed E-state index contributed by atoms with van der Waals surface area (Å²) in [5, 5.41) is 18.3. The van der Waals surface area contributed by atoms with Crippen molar-refractivity contribution in [3.8, 4) is 0 Å². The zero-order chi connectivity index (χ0) is 14.7. The number of carbonyl (C=O) groups is 1. The lowest BCUT2D eigenvalue weighted by Crippen LogP contribution is -2.42. The van der Waals surface area contributed by atoms with Crippen LogP contribution in [0.5, 0.6) is 0 Å². The molecule has 0 aliphatic heterocycles. The van der Waals surface area contributed by atoms with Crippen molar-refractivity contribution < 1.29 is 23.4 Å². The van der Waals surface area contributed by atoms with Crippen molar-refractivity contribution in [2.75, 3.05) is 6.54 Å². The number of aliphatic carboxylic acids is 1. The maximum atomic E-state index is 11.9. The maximum Gasteiger partial charge on any atom is 0.306 e. The molecule has 1 atom stereocenters. The van der Waals surface area contributed by atoms with Crippen LogP contribution in [0.1, 0.15) is 13.3 Å². The highest BCUT2D eigenvalue weighted by molar-refractivity contribution is 14.1. The van der Waals surface area contributed by atoms with Crippen LogP contribution in [-0.2, 0) is 14.8 Å². The van der Waals surface area contributed by atoms with Crippen LogP contribution in [0, 0.1) is 3.57 Å². The number of hydrogen-bond acceptors (Lipinski definition) is 4. The first-order valence-electron chi connectivity index (χ1n) is 5.32. The number of aliphatic hydroxyl groups is 1. The molecule has 0 heterocycles. The van der Waals surface area contributed by atoms with E-state index in [4.69, 9.17) is 5.11 Å². The molecule has 0 aliphatic rings. The fourth-order valence-corrected chi connectivity index (χ4v) is 2.86. The van der Waals surface area contributed by atoms with E-state index in [0.29, 0.717) is 0 Å². The molecule has 0 aliphatic carbocycles. The first kappa shape index (κ1) is 16.3. The summed E-state index contributed by atoms with van der Waals surface area (Å²) in [6.45, 7) is 0.894. The topological polar surface area (TPSA) is 104 Å². The second kappa shape index (κ2) is 6.16. The Morgan fingerprint density at radius 2 is 1.89 bits per heavy atom. The molecule has 0 spiro atoms. The van der Waals surface area contributed by atoms with Gasteiger partial charge >= 0.3 is 5.97 Å². The molecule has 3 N–H and O–H groups in total. The molecule has 0 fully saturated rings. The van der Waals surface area contributed by atoms with Crippen LogP contribution in [-0.4, -0.2) is 36.7 Å². The third kappa shape index (κ3) is 5.43. The van der Waals surface area contributed by atoms with E-state index in [1.807, 2.05) is 0 Å². The van der Waals surface area contributed by atoms with Crippen molar-refractivity contribution >= 4 is 38.6 Å². The van der Waals surface area contributed by atoms with Gasteiger partial charge in [-0.3, -0.25) is 4.79 Å². The van der Waals surface area contributed by atoms with E-state index in [9.17, 15) is 18.3 Å². The molecule has 0 saturated carbocycles. The molecule has 0 bridgehead atoms. The van der Waals surface area contributed by atoms with Gasteiger partial charge in [0.25, 0.3) is 0 Å². The minimum absolute atomic E-state index is 0.0686. The Bertz CT molecular complexity index is 553. The van der Waals surface area contributed by atoms with Gasteiger partial charge in [-0.15, -0.1) is 0 Å². The summed E-state index contributed by atoms with van der Waals surface area (Å²) in [6, 6.07) is 6.17. The Labute approximate surface area is 125 Å². The van der Waals surface area contributed by atoms with Gasteiger partial charge in [-0.25, -0.2) is 13.1 Å². The van der Waals surface area contributed by atoms with Crippen molar-refractivity contribution in [3.05, 3.63) is 27.8 Å². The van der Waals surface area contributed by atoms with Gasteiger partial charge in [0.2, 0.25) is 10.0 Å². The number of carboxylic acid groups (broad SMARTS) is 1. The van der Waals surface area contributed by atoms with Crippen molar-refractivity contribution in [2.24, 2.45) is 0 Å². The lowest BCUT2D eigenvalue weighted by Gasteiger charge is -2.21. The van der Waals surface area contributed by atoms with E-state index in [2.05, 4.69) is 27.3 Å². The summed E-state index contributed by atoms with van der Waals surface area (Å²) in [6.07, 6.45) is -0.539. The number of carboxylic acids is 1. The Kier molecular flexibility index (Phi) is 5.30. The van der Waals surface area contributed by atoms with Gasteiger partial charge in [-0.05, 0) is 53.8 Å². The smallest absolute Gasteiger partial charge is 0.306 e. The zero-order valence-electron chi connectivity index (χ0n) is 10.1. The molecule has 1 rings (SSSR count). The monoisotopic (exact) mass is 399 g/mol. The predicted octanol–water partition coefficient (Wildman–Crippen LogP) is 0.795. The van der Waals surface area contributed by atoms with Crippen LogP contribution in [0.4, 0.5) is 0 Å². The van der Waals surface area contributed by atoms with Crippen LogP contribution in [0.3, 0.4) is 0 Å². The molecule has 0 radical (unpaired) electrons. The highest BCUT2D eigenvalue weighted by atomic mass is 127. The first-order valence-corrected chi connectivity index (χ1v) is 7.88. The Morgan fingerprint density at radius 1 is 1.37 bits per heavy atom. The van der Waals surface area contributed by atoms with Crippen molar-refractivity contribution in [1.82, 2.24) is 4.72 Å². The molecule has 0 saturated heterocycles. The summed E-state index contributed by atoms with van der Waals surface area (Å²) in [7, 11) is -3.75. The van der Waals surface area contributed by atoms with Crippen molar-refractivity contribution in [3.63, 3.8) is 0 Å². The summed E-state index contributed by atoms with van der Waals surface area (Å²) >= 11 is 2.05. The summed E-state index contributed by atoms with van der Waals surface area (Å²) in [5.41, 5.74) is -1.64. The van der Waals surface area contributed by atoms with Gasteiger partial charge in [0.05, 0.1) is 16.9 Å². The Hall–Kier alpha value is -0.710. The van der Waals surface area contributed by atoms with Crippen molar-refractivity contribution in [1.29, 1.82) is 0 Å². The maximum absolute atomic E-state index is 11.9. The van der Waals surface area contributed by atoms with E-state index >= 15 is 0 Å². The molecule has 8 heteroatoms. The number of nitrogens with one attached hydrogen (secondary N) is 1.